The Morgan fingerprint density at radius 3 is 2.78 bits per heavy atom. The molecule has 0 fully saturated rings. The Hall–Kier alpha value is -1.56. The predicted molar refractivity (Wildman–Crippen MR) is 68.1 cm³/mol. The van der Waals surface area contributed by atoms with Crippen molar-refractivity contribution >= 4 is 23.4 Å². The maximum Gasteiger partial charge on any atom is 0.318 e. The third-order valence-corrected chi connectivity index (χ3v) is 2.65. The molecule has 0 spiro atoms. The minimum atomic E-state index is -0.273. The van der Waals surface area contributed by atoms with Crippen molar-refractivity contribution in [2.75, 3.05) is 32.2 Å². The Morgan fingerprint density at radius 2 is 2.22 bits per heavy atom. The Morgan fingerprint density at radius 1 is 1.50 bits per heavy atom. The molecule has 0 saturated heterocycles. The molecule has 0 N–H and O–H groups in total. The fraction of sp³-hybridized carbons (Fsp3) is 0.545. The van der Waals surface area contributed by atoms with Crippen molar-refractivity contribution in [3.05, 3.63) is 11.2 Å². The van der Waals surface area contributed by atoms with Gasteiger partial charge in [0.25, 0.3) is 0 Å². The smallest absolute Gasteiger partial charge is 0.318 e. The van der Waals surface area contributed by atoms with E-state index in [4.69, 9.17) is 16.3 Å². The largest absolute Gasteiger partial charge is 0.469 e. The van der Waals surface area contributed by atoms with Crippen molar-refractivity contribution in [3.8, 4) is 6.01 Å². The normalized spacial score (nSPS) is 10.0. The number of rotatable bonds is 6. The van der Waals surface area contributed by atoms with E-state index in [9.17, 15) is 4.79 Å². The Kier molecular flexibility index (Phi) is 5.64. The van der Waals surface area contributed by atoms with E-state index in [1.807, 2.05) is 11.8 Å². The van der Waals surface area contributed by atoms with Gasteiger partial charge < -0.3 is 14.4 Å². The molecule has 0 radical (unpaired) electrons. The monoisotopic (exact) mass is 273 g/mol. The summed E-state index contributed by atoms with van der Waals surface area (Å²) in [6.45, 7) is 3.09. The summed E-state index contributed by atoms with van der Waals surface area (Å²) in [5.74, 6) is 0.278. The van der Waals surface area contributed by atoms with Crippen molar-refractivity contribution in [3.63, 3.8) is 0 Å². The van der Waals surface area contributed by atoms with Crippen LogP contribution >= 0.6 is 11.6 Å². The molecule has 100 valence electrons. The minimum absolute atomic E-state index is 0.242. The highest BCUT2D eigenvalue weighted by Gasteiger charge is 2.14. The van der Waals surface area contributed by atoms with Gasteiger partial charge in [0.05, 0.1) is 26.8 Å². The van der Waals surface area contributed by atoms with Crippen molar-refractivity contribution in [2.24, 2.45) is 0 Å². The van der Waals surface area contributed by atoms with Gasteiger partial charge in [0.1, 0.15) is 5.02 Å². The van der Waals surface area contributed by atoms with Crippen LogP contribution in [0.4, 0.5) is 5.82 Å². The highest BCUT2D eigenvalue weighted by molar-refractivity contribution is 6.32. The first-order valence-corrected chi connectivity index (χ1v) is 5.88. The standard InChI is InChI=1S/C11H16ClN3O3/c1-4-15(6-5-9(16)17-2)10-8(12)7-13-11(14-10)18-3/h7H,4-6H2,1-3H3. The first-order valence-electron chi connectivity index (χ1n) is 5.50. The van der Waals surface area contributed by atoms with E-state index < -0.39 is 0 Å². The van der Waals surface area contributed by atoms with Crippen LogP contribution in [0.2, 0.25) is 5.02 Å². The summed E-state index contributed by atoms with van der Waals surface area (Å²) < 4.78 is 9.55. The van der Waals surface area contributed by atoms with Gasteiger partial charge in [0.2, 0.25) is 0 Å². The average molecular weight is 274 g/mol. The Labute approximate surface area is 111 Å². The molecule has 0 unspecified atom stereocenters. The molecule has 0 aromatic carbocycles. The van der Waals surface area contributed by atoms with Crippen LogP contribution in [-0.4, -0.2) is 43.2 Å². The van der Waals surface area contributed by atoms with Crippen molar-refractivity contribution in [1.29, 1.82) is 0 Å². The zero-order valence-electron chi connectivity index (χ0n) is 10.6. The van der Waals surface area contributed by atoms with E-state index in [2.05, 4.69) is 14.7 Å². The fourth-order valence-corrected chi connectivity index (χ4v) is 1.62. The number of carbonyl (C=O) groups excluding carboxylic acids is 1. The highest BCUT2D eigenvalue weighted by Crippen LogP contribution is 2.24. The topological polar surface area (TPSA) is 64.6 Å². The number of esters is 1. The van der Waals surface area contributed by atoms with Gasteiger partial charge >= 0.3 is 12.0 Å². The summed E-state index contributed by atoms with van der Waals surface area (Å²) in [6.07, 6.45) is 1.75. The molecule has 1 heterocycles. The number of methoxy groups -OCH3 is 2. The maximum absolute atomic E-state index is 11.1. The van der Waals surface area contributed by atoms with Crippen molar-refractivity contribution < 1.29 is 14.3 Å². The molecule has 0 aliphatic rings. The van der Waals surface area contributed by atoms with Crippen LogP contribution in [0.5, 0.6) is 6.01 Å². The molecule has 7 heteroatoms. The maximum atomic E-state index is 11.1. The zero-order chi connectivity index (χ0) is 13.5. The average Bonchev–Trinajstić information content (AvgIpc) is 2.40. The van der Waals surface area contributed by atoms with Crippen LogP contribution in [0.1, 0.15) is 13.3 Å². The number of carbonyl (C=O) groups is 1. The summed E-state index contributed by atoms with van der Waals surface area (Å²) >= 11 is 6.04. The minimum Gasteiger partial charge on any atom is -0.469 e. The van der Waals surface area contributed by atoms with E-state index in [0.29, 0.717) is 23.9 Å². The summed E-state index contributed by atoms with van der Waals surface area (Å²) in [5.41, 5.74) is 0. The number of aromatic nitrogens is 2. The molecule has 1 rings (SSSR count). The van der Waals surface area contributed by atoms with Gasteiger partial charge in [0, 0.05) is 13.1 Å². The molecule has 1 aromatic heterocycles. The third-order valence-electron chi connectivity index (χ3n) is 2.38. The summed E-state index contributed by atoms with van der Waals surface area (Å²) in [6, 6.07) is 0.242. The molecule has 0 amide bonds. The first-order chi connectivity index (χ1) is 8.62. The van der Waals surface area contributed by atoms with Crippen molar-refractivity contribution in [2.45, 2.75) is 13.3 Å². The molecule has 0 saturated carbocycles. The third kappa shape index (κ3) is 3.73. The van der Waals surface area contributed by atoms with Crippen LogP contribution in [-0.2, 0) is 9.53 Å². The van der Waals surface area contributed by atoms with E-state index in [1.165, 1.54) is 20.4 Å². The van der Waals surface area contributed by atoms with Crippen LogP contribution < -0.4 is 9.64 Å². The lowest BCUT2D eigenvalue weighted by Crippen LogP contribution is -2.27. The number of ether oxygens (including phenoxy) is 2. The second-order valence-electron chi connectivity index (χ2n) is 3.43. The number of nitrogens with zero attached hydrogens (tertiary/aromatic N) is 3. The SMILES string of the molecule is CCN(CCC(=O)OC)c1nc(OC)ncc1Cl. The van der Waals surface area contributed by atoms with Gasteiger partial charge in [-0.2, -0.15) is 4.98 Å². The number of hydrogen-bond donors (Lipinski definition) is 0. The summed E-state index contributed by atoms with van der Waals surface area (Å²) in [7, 11) is 2.84. The van der Waals surface area contributed by atoms with Crippen LogP contribution in [0.15, 0.2) is 6.20 Å². The lowest BCUT2D eigenvalue weighted by atomic mass is 10.3. The summed E-state index contributed by atoms with van der Waals surface area (Å²) in [4.78, 5) is 21.1. The predicted octanol–water partition coefficient (Wildman–Crippen LogP) is 1.53. The first kappa shape index (κ1) is 14.5. The molecular formula is C11H16ClN3O3. The van der Waals surface area contributed by atoms with Gasteiger partial charge in [-0.15, -0.1) is 0 Å². The quantitative estimate of drug-likeness (QED) is 0.733. The van der Waals surface area contributed by atoms with Crippen LogP contribution in [0.25, 0.3) is 0 Å². The molecule has 18 heavy (non-hydrogen) atoms. The Bertz CT molecular complexity index is 415. The number of halogens is 1. The molecule has 0 bridgehead atoms. The van der Waals surface area contributed by atoms with Gasteiger partial charge in [0.15, 0.2) is 5.82 Å². The zero-order valence-corrected chi connectivity index (χ0v) is 11.4. The molecule has 1 aromatic rings. The van der Waals surface area contributed by atoms with E-state index in [0.717, 1.165) is 0 Å². The lowest BCUT2D eigenvalue weighted by molar-refractivity contribution is -0.140. The lowest BCUT2D eigenvalue weighted by Gasteiger charge is -2.22. The summed E-state index contributed by atoms with van der Waals surface area (Å²) in [5, 5.41) is 0.419. The van der Waals surface area contributed by atoms with Gasteiger partial charge in [-0.25, -0.2) is 4.98 Å². The van der Waals surface area contributed by atoms with E-state index >= 15 is 0 Å². The van der Waals surface area contributed by atoms with Gasteiger partial charge in [-0.1, -0.05) is 11.6 Å². The fourth-order valence-electron chi connectivity index (χ4n) is 1.40. The molecule has 6 nitrogen and oxygen atoms in total. The van der Waals surface area contributed by atoms with Crippen LogP contribution in [0, 0.1) is 0 Å². The van der Waals surface area contributed by atoms with Gasteiger partial charge in [-0.05, 0) is 6.92 Å². The second kappa shape index (κ2) is 7.00. The second-order valence-corrected chi connectivity index (χ2v) is 3.84. The molecule has 0 atom stereocenters. The van der Waals surface area contributed by atoms with Crippen LogP contribution in [0.3, 0.4) is 0 Å². The number of hydrogen-bond acceptors (Lipinski definition) is 6. The highest BCUT2D eigenvalue weighted by atomic mass is 35.5. The number of anilines is 1. The van der Waals surface area contributed by atoms with Crippen molar-refractivity contribution in [1.82, 2.24) is 9.97 Å². The molecular weight excluding hydrogens is 258 g/mol. The van der Waals surface area contributed by atoms with E-state index in [1.54, 1.807) is 0 Å². The van der Waals surface area contributed by atoms with E-state index in [-0.39, 0.29) is 18.4 Å². The molecule has 0 aliphatic carbocycles. The van der Waals surface area contributed by atoms with Gasteiger partial charge in [-0.3, -0.25) is 4.79 Å². The molecule has 0 aliphatic heterocycles. The Balaban J connectivity index is 2.83.